The lowest BCUT2D eigenvalue weighted by Crippen LogP contribution is -2.44. The summed E-state index contributed by atoms with van der Waals surface area (Å²) in [5, 5.41) is 7.79. The van der Waals surface area contributed by atoms with Crippen molar-refractivity contribution >= 4 is 33.9 Å². The zero-order valence-corrected chi connectivity index (χ0v) is 16.4. The Morgan fingerprint density at radius 3 is 2.96 bits per heavy atom. The number of carbonyl (C=O) groups is 2. The highest BCUT2D eigenvalue weighted by Crippen LogP contribution is 2.22. The van der Waals surface area contributed by atoms with Crippen molar-refractivity contribution in [3.05, 3.63) is 44.9 Å². The van der Waals surface area contributed by atoms with Crippen LogP contribution in [0.1, 0.15) is 29.8 Å². The number of carbonyl (C=O) groups excluding carboxylic acids is 2. The maximum atomic E-state index is 13.0. The molecule has 1 aliphatic rings. The highest BCUT2D eigenvalue weighted by atomic mass is 32.1. The molecule has 0 saturated carbocycles. The van der Waals surface area contributed by atoms with E-state index in [1.54, 1.807) is 21.0 Å². The normalized spacial score (nSPS) is 16.6. The number of aromatic amines is 1. The van der Waals surface area contributed by atoms with Crippen molar-refractivity contribution in [3.8, 4) is 0 Å². The van der Waals surface area contributed by atoms with Gasteiger partial charge in [-0.2, -0.15) is 0 Å². The molecule has 0 spiro atoms. The Labute approximate surface area is 164 Å². The lowest BCUT2D eigenvalue weighted by molar-refractivity contribution is -0.136. The van der Waals surface area contributed by atoms with Gasteiger partial charge in [-0.25, -0.2) is 14.5 Å². The number of hydrogen-bond donors (Lipinski definition) is 2. The van der Waals surface area contributed by atoms with E-state index in [4.69, 9.17) is 0 Å². The molecule has 146 valence electrons. The van der Waals surface area contributed by atoms with E-state index in [-0.39, 0.29) is 23.8 Å². The summed E-state index contributed by atoms with van der Waals surface area (Å²) in [5.41, 5.74) is 2.51. The maximum absolute atomic E-state index is 13.0. The Balaban J connectivity index is 1.55. The highest BCUT2D eigenvalue weighted by molar-refractivity contribution is 7.13. The van der Waals surface area contributed by atoms with Gasteiger partial charge in [0, 0.05) is 41.1 Å². The summed E-state index contributed by atoms with van der Waals surface area (Å²) in [5.74, 6) is -0.337. The zero-order chi connectivity index (χ0) is 19.8. The topological polar surface area (TPSA) is 112 Å². The van der Waals surface area contributed by atoms with Gasteiger partial charge >= 0.3 is 0 Å². The molecular weight excluding hydrogens is 380 g/mol. The van der Waals surface area contributed by atoms with Gasteiger partial charge in [0.05, 0.1) is 6.42 Å². The van der Waals surface area contributed by atoms with Crippen LogP contribution in [0.2, 0.25) is 0 Å². The van der Waals surface area contributed by atoms with Gasteiger partial charge in [-0.05, 0) is 26.7 Å². The maximum Gasteiger partial charge on any atom is 0.266 e. The van der Waals surface area contributed by atoms with Crippen molar-refractivity contribution in [2.45, 2.75) is 39.2 Å². The number of aromatic nitrogens is 4. The number of H-pyrrole nitrogens is 1. The first-order valence-electron chi connectivity index (χ1n) is 9.01. The molecular formula is C18H20N6O3S. The predicted molar refractivity (Wildman–Crippen MR) is 104 cm³/mol. The molecule has 4 heterocycles. The van der Waals surface area contributed by atoms with Crippen LogP contribution in [0.25, 0.3) is 5.65 Å². The van der Waals surface area contributed by atoms with Crippen LogP contribution in [0, 0.1) is 13.8 Å². The van der Waals surface area contributed by atoms with Gasteiger partial charge in [0.1, 0.15) is 6.04 Å². The molecule has 10 heteroatoms. The van der Waals surface area contributed by atoms with Crippen LogP contribution in [0.4, 0.5) is 5.13 Å². The Kier molecular flexibility index (Phi) is 4.71. The molecule has 1 aliphatic heterocycles. The Hall–Kier alpha value is -3.01. The number of nitrogens with zero attached hydrogens (tertiary/aromatic N) is 4. The number of amides is 2. The molecule has 1 saturated heterocycles. The molecule has 9 nitrogen and oxygen atoms in total. The fourth-order valence-electron chi connectivity index (χ4n) is 3.68. The lowest BCUT2D eigenvalue weighted by Gasteiger charge is -2.24. The lowest BCUT2D eigenvalue weighted by atomic mass is 10.1. The molecule has 0 aromatic carbocycles. The van der Waals surface area contributed by atoms with Crippen LogP contribution in [0.5, 0.6) is 0 Å². The van der Waals surface area contributed by atoms with E-state index in [0.717, 1.165) is 17.7 Å². The summed E-state index contributed by atoms with van der Waals surface area (Å²) in [4.78, 5) is 47.3. The molecule has 1 atom stereocenters. The summed E-state index contributed by atoms with van der Waals surface area (Å²) in [6.45, 7) is 4.21. The van der Waals surface area contributed by atoms with Gasteiger partial charge in [-0.15, -0.1) is 11.3 Å². The largest absolute Gasteiger partial charge is 0.330 e. The van der Waals surface area contributed by atoms with Crippen molar-refractivity contribution in [1.29, 1.82) is 0 Å². The number of fused-ring (bicyclic) bond motifs is 1. The van der Waals surface area contributed by atoms with Crippen LogP contribution in [0.3, 0.4) is 0 Å². The average Bonchev–Trinajstić information content (AvgIpc) is 3.38. The average molecular weight is 400 g/mol. The highest BCUT2D eigenvalue weighted by Gasteiger charge is 2.34. The van der Waals surface area contributed by atoms with E-state index in [1.807, 2.05) is 13.8 Å². The molecule has 28 heavy (non-hydrogen) atoms. The van der Waals surface area contributed by atoms with E-state index in [0.29, 0.717) is 29.4 Å². The number of thiazole rings is 1. The molecule has 0 bridgehead atoms. The first-order chi connectivity index (χ1) is 13.4. The number of aryl methyl sites for hydroxylation is 2. The van der Waals surface area contributed by atoms with Crippen LogP contribution in [-0.4, -0.2) is 48.9 Å². The van der Waals surface area contributed by atoms with Crippen molar-refractivity contribution in [3.63, 3.8) is 0 Å². The Morgan fingerprint density at radius 1 is 1.39 bits per heavy atom. The standard InChI is InChI=1S/C18H20N6O3S/c1-10-12(11(2)24-14(20-10)9-15(25)22-24)8-16(26)23-6-3-4-13(23)17(27)21-18-19-5-7-28-18/h5,7,9,13H,3-4,6,8H2,1-2H3,(H,22,25)(H,19,21,27). The second kappa shape index (κ2) is 7.19. The SMILES string of the molecule is Cc1nc2cc(=O)[nH]n2c(C)c1CC(=O)N1CCCC1C(=O)Nc1nccs1. The molecule has 0 aliphatic carbocycles. The van der Waals surface area contributed by atoms with Crippen molar-refractivity contribution in [1.82, 2.24) is 24.5 Å². The smallest absolute Gasteiger partial charge is 0.266 e. The van der Waals surface area contributed by atoms with Crippen LogP contribution in [-0.2, 0) is 16.0 Å². The number of nitrogens with one attached hydrogen (secondary N) is 2. The molecule has 3 aromatic heterocycles. The summed E-state index contributed by atoms with van der Waals surface area (Å²) in [6.07, 6.45) is 3.16. The van der Waals surface area contributed by atoms with Crippen molar-refractivity contribution < 1.29 is 9.59 Å². The van der Waals surface area contributed by atoms with Crippen molar-refractivity contribution in [2.75, 3.05) is 11.9 Å². The summed E-state index contributed by atoms with van der Waals surface area (Å²) < 4.78 is 1.59. The Morgan fingerprint density at radius 2 is 2.21 bits per heavy atom. The zero-order valence-electron chi connectivity index (χ0n) is 15.6. The van der Waals surface area contributed by atoms with Crippen LogP contribution >= 0.6 is 11.3 Å². The first-order valence-corrected chi connectivity index (χ1v) is 9.89. The first kappa shape index (κ1) is 18.4. The second-order valence-electron chi connectivity index (χ2n) is 6.82. The molecule has 2 N–H and O–H groups in total. The molecule has 0 radical (unpaired) electrons. The van der Waals surface area contributed by atoms with Gasteiger partial charge in [-0.3, -0.25) is 19.5 Å². The predicted octanol–water partition coefficient (Wildman–Crippen LogP) is 1.27. The van der Waals surface area contributed by atoms with E-state index in [1.165, 1.54) is 17.4 Å². The van der Waals surface area contributed by atoms with Gasteiger partial charge in [0.25, 0.3) is 5.56 Å². The summed E-state index contributed by atoms with van der Waals surface area (Å²) in [6, 6.07) is 0.922. The Bertz CT molecular complexity index is 1100. The molecule has 1 unspecified atom stereocenters. The van der Waals surface area contributed by atoms with E-state index >= 15 is 0 Å². The minimum atomic E-state index is -0.500. The number of likely N-dealkylation sites (tertiary alicyclic amines) is 1. The van der Waals surface area contributed by atoms with Gasteiger partial charge in [0.15, 0.2) is 10.8 Å². The summed E-state index contributed by atoms with van der Waals surface area (Å²) in [7, 11) is 0. The second-order valence-corrected chi connectivity index (χ2v) is 7.72. The third kappa shape index (κ3) is 3.31. The third-order valence-corrected chi connectivity index (χ3v) is 5.76. The minimum Gasteiger partial charge on any atom is -0.330 e. The van der Waals surface area contributed by atoms with E-state index < -0.39 is 6.04 Å². The fourth-order valence-corrected chi connectivity index (χ4v) is 4.21. The van der Waals surface area contributed by atoms with E-state index in [9.17, 15) is 14.4 Å². The van der Waals surface area contributed by atoms with Crippen molar-refractivity contribution in [2.24, 2.45) is 0 Å². The molecule has 1 fully saturated rings. The van der Waals surface area contributed by atoms with Gasteiger partial charge in [-0.1, -0.05) is 0 Å². The van der Waals surface area contributed by atoms with Crippen LogP contribution in [0.15, 0.2) is 22.4 Å². The van der Waals surface area contributed by atoms with Gasteiger partial charge < -0.3 is 10.2 Å². The fraction of sp³-hybridized carbons (Fsp3) is 0.389. The van der Waals surface area contributed by atoms with Crippen LogP contribution < -0.4 is 10.9 Å². The van der Waals surface area contributed by atoms with E-state index in [2.05, 4.69) is 20.4 Å². The molecule has 2 amide bonds. The molecule has 4 rings (SSSR count). The monoisotopic (exact) mass is 400 g/mol. The quantitative estimate of drug-likeness (QED) is 0.685. The third-order valence-electron chi connectivity index (χ3n) is 5.07. The number of rotatable bonds is 4. The van der Waals surface area contributed by atoms with Gasteiger partial charge in [0.2, 0.25) is 11.8 Å². The number of hydrogen-bond acceptors (Lipinski definition) is 6. The molecule has 3 aromatic rings. The minimum absolute atomic E-state index is 0.126. The summed E-state index contributed by atoms with van der Waals surface area (Å²) >= 11 is 1.34. The number of anilines is 1.